The van der Waals surface area contributed by atoms with Gasteiger partial charge in [0.05, 0.1) is 0 Å². The molecular weight excluding hydrogens is 234 g/mol. The minimum Gasteiger partial charge on any atom is -0.310 e. The SMILES string of the molecule is CCC1CN(CC2CC3CCCCC3N2)CCN1C. The molecule has 3 nitrogen and oxygen atoms in total. The highest BCUT2D eigenvalue weighted by molar-refractivity contribution is 4.94. The third kappa shape index (κ3) is 3.14. The minimum atomic E-state index is 0.772. The van der Waals surface area contributed by atoms with Crippen molar-refractivity contribution in [3.8, 4) is 0 Å². The van der Waals surface area contributed by atoms with E-state index in [9.17, 15) is 0 Å². The van der Waals surface area contributed by atoms with Crippen LogP contribution < -0.4 is 5.32 Å². The summed E-state index contributed by atoms with van der Waals surface area (Å²) in [5, 5.41) is 3.93. The average Bonchev–Trinajstić information content (AvgIpc) is 2.83. The second kappa shape index (κ2) is 6.11. The van der Waals surface area contributed by atoms with Crippen LogP contribution in [0.1, 0.15) is 45.4 Å². The summed E-state index contributed by atoms with van der Waals surface area (Å²) >= 11 is 0. The second-order valence-corrected chi connectivity index (χ2v) is 7.05. The molecule has 3 fully saturated rings. The molecule has 0 aromatic carbocycles. The molecule has 3 heteroatoms. The van der Waals surface area contributed by atoms with Crippen molar-refractivity contribution in [2.45, 2.75) is 63.6 Å². The molecule has 1 N–H and O–H groups in total. The van der Waals surface area contributed by atoms with Crippen molar-refractivity contribution in [1.82, 2.24) is 15.1 Å². The first-order valence-electron chi connectivity index (χ1n) is 8.45. The molecular formula is C16H31N3. The Kier molecular flexibility index (Phi) is 4.45. The molecule has 2 saturated heterocycles. The van der Waals surface area contributed by atoms with E-state index >= 15 is 0 Å². The summed E-state index contributed by atoms with van der Waals surface area (Å²) in [5.74, 6) is 0.994. The van der Waals surface area contributed by atoms with Crippen LogP contribution in [0.3, 0.4) is 0 Å². The highest BCUT2D eigenvalue weighted by Gasteiger charge is 2.36. The third-order valence-electron chi connectivity index (χ3n) is 5.76. The van der Waals surface area contributed by atoms with Crippen LogP contribution >= 0.6 is 0 Å². The number of fused-ring (bicyclic) bond motifs is 1. The Labute approximate surface area is 118 Å². The minimum absolute atomic E-state index is 0.772. The van der Waals surface area contributed by atoms with Gasteiger partial charge in [0, 0.05) is 44.3 Å². The van der Waals surface area contributed by atoms with Crippen molar-refractivity contribution in [2.75, 3.05) is 33.2 Å². The van der Waals surface area contributed by atoms with E-state index in [0.717, 1.165) is 24.0 Å². The van der Waals surface area contributed by atoms with Crippen LogP contribution in [0.25, 0.3) is 0 Å². The van der Waals surface area contributed by atoms with Gasteiger partial charge < -0.3 is 10.2 Å². The predicted octanol–water partition coefficient (Wildman–Crippen LogP) is 1.93. The highest BCUT2D eigenvalue weighted by Crippen LogP contribution is 2.33. The molecule has 1 aliphatic carbocycles. The number of rotatable bonds is 3. The molecule has 0 aromatic heterocycles. The second-order valence-electron chi connectivity index (χ2n) is 7.05. The largest absolute Gasteiger partial charge is 0.310 e. The fourth-order valence-corrected chi connectivity index (χ4v) is 4.50. The lowest BCUT2D eigenvalue weighted by Gasteiger charge is -2.40. The summed E-state index contributed by atoms with van der Waals surface area (Å²) in [7, 11) is 2.29. The summed E-state index contributed by atoms with van der Waals surface area (Å²) in [4.78, 5) is 5.25. The molecule has 1 saturated carbocycles. The Morgan fingerprint density at radius 1 is 1.16 bits per heavy atom. The Balaban J connectivity index is 1.49. The van der Waals surface area contributed by atoms with Gasteiger partial charge in [0.1, 0.15) is 0 Å². The molecule has 0 aromatic rings. The standard InChI is InChI=1S/C16H31N3/c1-3-15-12-19(9-8-18(15)2)11-14-10-13-6-4-5-7-16(13)17-14/h13-17H,3-12H2,1-2H3. The first-order valence-corrected chi connectivity index (χ1v) is 8.45. The topological polar surface area (TPSA) is 18.5 Å². The van der Waals surface area contributed by atoms with Gasteiger partial charge in [0.25, 0.3) is 0 Å². The smallest absolute Gasteiger partial charge is 0.0218 e. The number of hydrogen-bond donors (Lipinski definition) is 1. The molecule has 2 aliphatic heterocycles. The normalized spacial score (nSPS) is 41.4. The highest BCUT2D eigenvalue weighted by atomic mass is 15.3. The maximum Gasteiger partial charge on any atom is 0.0218 e. The Hall–Kier alpha value is -0.120. The summed E-state index contributed by atoms with van der Waals surface area (Å²) in [6, 6.07) is 2.40. The predicted molar refractivity (Wildman–Crippen MR) is 80.4 cm³/mol. The van der Waals surface area contributed by atoms with E-state index in [2.05, 4.69) is 29.1 Å². The molecule has 0 radical (unpaired) electrons. The van der Waals surface area contributed by atoms with Crippen molar-refractivity contribution < 1.29 is 0 Å². The van der Waals surface area contributed by atoms with Gasteiger partial charge >= 0.3 is 0 Å². The monoisotopic (exact) mass is 265 g/mol. The number of piperazine rings is 1. The number of nitrogens with zero attached hydrogens (tertiary/aromatic N) is 2. The Morgan fingerprint density at radius 3 is 2.79 bits per heavy atom. The van der Waals surface area contributed by atoms with E-state index in [0.29, 0.717) is 0 Å². The molecule has 0 bridgehead atoms. The zero-order valence-corrected chi connectivity index (χ0v) is 12.8. The fraction of sp³-hybridized carbons (Fsp3) is 1.00. The molecule has 3 rings (SSSR count). The van der Waals surface area contributed by atoms with Gasteiger partial charge in [-0.1, -0.05) is 19.8 Å². The summed E-state index contributed by atoms with van der Waals surface area (Å²) in [6.07, 6.45) is 8.56. The quantitative estimate of drug-likeness (QED) is 0.841. The summed E-state index contributed by atoms with van der Waals surface area (Å²) in [5.41, 5.74) is 0. The molecule has 4 unspecified atom stereocenters. The molecule has 0 amide bonds. The van der Waals surface area contributed by atoms with Gasteiger partial charge in [0.15, 0.2) is 0 Å². The van der Waals surface area contributed by atoms with Crippen LogP contribution in [-0.2, 0) is 0 Å². The number of nitrogens with one attached hydrogen (secondary N) is 1. The van der Waals surface area contributed by atoms with Crippen LogP contribution in [0.4, 0.5) is 0 Å². The van der Waals surface area contributed by atoms with E-state index in [1.165, 1.54) is 64.7 Å². The maximum atomic E-state index is 3.93. The van der Waals surface area contributed by atoms with E-state index in [1.54, 1.807) is 0 Å². The zero-order valence-electron chi connectivity index (χ0n) is 12.8. The van der Waals surface area contributed by atoms with Gasteiger partial charge in [-0.05, 0) is 38.6 Å². The summed E-state index contributed by atoms with van der Waals surface area (Å²) < 4.78 is 0. The Morgan fingerprint density at radius 2 is 2.00 bits per heavy atom. The van der Waals surface area contributed by atoms with Crippen LogP contribution in [0.5, 0.6) is 0 Å². The van der Waals surface area contributed by atoms with Crippen molar-refractivity contribution in [1.29, 1.82) is 0 Å². The first-order chi connectivity index (χ1) is 9.26. The van der Waals surface area contributed by atoms with Crippen LogP contribution in [0.2, 0.25) is 0 Å². The maximum absolute atomic E-state index is 3.93. The fourth-order valence-electron chi connectivity index (χ4n) is 4.50. The van der Waals surface area contributed by atoms with E-state index in [-0.39, 0.29) is 0 Å². The molecule has 4 atom stereocenters. The van der Waals surface area contributed by atoms with Crippen LogP contribution in [0.15, 0.2) is 0 Å². The zero-order chi connectivity index (χ0) is 13.2. The molecule has 19 heavy (non-hydrogen) atoms. The third-order valence-corrected chi connectivity index (χ3v) is 5.76. The van der Waals surface area contributed by atoms with Crippen molar-refractivity contribution in [2.24, 2.45) is 5.92 Å². The van der Waals surface area contributed by atoms with Gasteiger partial charge in [-0.2, -0.15) is 0 Å². The first kappa shape index (κ1) is 13.8. The molecule has 0 spiro atoms. The molecule has 3 aliphatic rings. The van der Waals surface area contributed by atoms with E-state index in [4.69, 9.17) is 0 Å². The lowest BCUT2D eigenvalue weighted by atomic mass is 9.85. The van der Waals surface area contributed by atoms with Gasteiger partial charge in [-0.3, -0.25) is 4.90 Å². The number of hydrogen-bond acceptors (Lipinski definition) is 3. The van der Waals surface area contributed by atoms with Crippen LogP contribution in [0, 0.1) is 5.92 Å². The van der Waals surface area contributed by atoms with Crippen molar-refractivity contribution >= 4 is 0 Å². The van der Waals surface area contributed by atoms with E-state index in [1.807, 2.05) is 0 Å². The average molecular weight is 265 g/mol. The van der Waals surface area contributed by atoms with Gasteiger partial charge in [-0.25, -0.2) is 0 Å². The van der Waals surface area contributed by atoms with Gasteiger partial charge in [0.2, 0.25) is 0 Å². The van der Waals surface area contributed by atoms with Crippen LogP contribution in [-0.4, -0.2) is 61.2 Å². The van der Waals surface area contributed by atoms with E-state index < -0.39 is 0 Å². The summed E-state index contributed by atoms with van der Waals surface area (Å²) in [6.45, 7) is 7.41. The van der Waals surface area contributed by atoms with Crippen molar-refractivity contribution in [3.63, 3.8) is 0 Å². The lowest BCUT2D eigenvalue weighted by Crippen LogP contribution is -2.53. The number of likely N-dealkylation sites (N-methyl/N-ethyl adjacent to an activating group) is 1. The Bertz CT molecular complexity index is 280. The lowest BCUT2D eigenvalue weighted by molar-refractivity contribution is 0.0870. The molecule has 110 valence electrons. The van der Waals surface area contributed by atoms with Gasteiger partial charge in [-0.15, -0.1) is 0 Å². The molecule has 2 heterocycles. The van der Waals surface area contributed by atoms with Crippen molar-refractivity contribution in [3.05, 3.63) is 0 Å².